The number of hydrogen-bond acceptors (Lipinski definition) is 6. The first-order valence-electron chi connectivity index (χ1n) is 8.94. The average molecular weight is 450 g/mol. The Morgan fingerprint density at radius 3 is 2.83 bits per heavy atom. The molecule has 0 unspecified atom stereocenters. The molecule has 0 amide bonds. The molecule has 5 nitrogen and oxygen atoms in total. The zero-order valence-electron chi connectivity index (χ0n) is 16.0. The van der Waals surface area contributed by atoms with Gasteiger partial charge in [-0.2, -0.15) is 0 Å². The van der Waals surface area contributed by atoms with E-state index < -0.39 is 5.97 Å². The van der Waals surface area contributed by atoms with Gasteiger partial charge < -0.3 is 14.6 Å². The van der Waals surface area contributed by atoms with Crippen LogP contribution in [0.5, 0.6) is 11.5 Å². The normalized spacial score (nSPS) is 11.6. The first-order chi connectivity index (χ1) is 14.0. The fourth-order valence-electron chi connectivity index (χ4n) is 2.60. The molecule has 0 aliphatic heterocycles. The Bertz CT molecular complexity index is 1020. The number of para-hydroxylation sites is 1. The fourth-order valence-corrected chi connectivity index (χ4v) is 4.72. The van der Waals surface area contributed by atoms with E-state index in [1.807, 2.05) is 43.3 Å². The standard InChI is InChI=1S/C21H20ClNO4S2/c1-3-8-27-20-14(22)9-13(10-16(20)26-2)11-18(28-12-19(24)25)21-23-15-6-4-5-7-17(15)29-21/h4-7,9-11H,3,8,12H2,1-2H3,(H,24,25)/b18-11-. The first-order valence-corrected chi connectivity index (χ1v) is 11.1. The minimum Gasteiger partial charge on any atom is -0.493 e. The largest absolute Gasteiger partial charge is 0.493 e. The highest BCUT2D eigenvalue weighted by atomic mass is 35.5. The number of methoxy groups -OCH3 is 1. The van der Waals surface area contributed by atoms with Crippen molar-refractivity contribution in [3.63, 3.8) is 0 Å². The molecule has 0 radical (unpaired) electrons. The molecule has 0 saturated heterocycles. The number of halogens is 1. The summed E-state index contributed by atoms with van der Waals surface area (Å²) in [5.74, 6) is 0.0857. The van der Waals surface area contributed by atoms with E-state index in [-0.39, 0.29) is 5.75 Å². The maximum atomic E-state index is 11.1. The molecule has 1 N–H and O–H groups in total. The summed E-state index contributed by atoms with van der Waals surface area (Å²) in [5, 5.41) is 10.3. The van der Waals surface area contributed by atoms with Crippen molar-refractivity contribution in [3.05, 3.63) is 52.0 Å². The van der Waals surface area contributed by atoms with E-state index in [1.54, 1.807) is 13.2 Å². The molecule has 2 aromatic carbocycles. The van der Waals surface area contributed by atoms with Gasteiger partial charge in [0, 0.05) is 4.91 Å². The van der Waals surface area contributed by atoms with Gasteiger partial charge in [-0.1, -0.05) is 30.7 Å². The van der Waals surface area contributed by atoms with Gasteiger partial charge in [-0.3, -0.25) is 4.79 Å². The molecule has 0 aliphatic carbocycles. The van der Waals surface area contributed by atoms with Gasteiger partial charge in [0.2, 0.25) is 0 Å². The lowest BCUT2D eigenvalue weighted by Gasteiger charge is -2.13. The second kappa shape index (κ2) is 10.0. The van der Waals surface area contributed by atoms with E-state index >= 15 is 0 Å². The van der Waals surface area contributed by atoms with Gasteiger partial charge in [-0.25, -0.2) is 4.98 Å². The summed E-state index contributed by atoms with van der Waals surface area (Å²) in [5.41, 5.74) is 1.66. The Morgan fingerprint density at radius 2 is 2.14 bits per heavy atom. The van der Waals surface area contributed by atoms with Crippen LogP contribution >= 0.6 is 34.7 Å². The van der Waals surface area contributed by atoms with Crippen LogP contribution in [0.1, 0.15) is 23.9 Å². The molecule has 1 heterocycles. The summed E-state index contributed by atoms with van der Waals surface area (Å²) in [4.78, 5) is 16.6. The third-order valence-electron chi connectivity index (χ3n) is 3.86. The monoisotopic (exact) mass is 449 g/mol. The predicted octanol–water partition coefficient (Wildman–Crippen LogP) is 6.06. The molecule has 8 heteroatoms. The van der Waals surface area contributed by atoms with Gasteiger partial charge in [0.25, 0.3) is 0 Å². The van der Waals surface area contributed by atoms with E-state index in [4.69, 9.17) is 26.2 Å². The van der Waals surface area contributed by atoms with Gasteiger partial charge in [-0.15, -0.1) is 23.1 Å². The Labute approximate surface area is 182 Å². The molecule has 0 fully saturated rings. The Balaban J connectivity index is 2.02. The van der Waals surface area contributed by atoms with Crippen molar-refractivity contribution in [3.8, 4) is 11.5 Å². The SMILES string of the molecule is CCCOc1c(Cl)cc(/C=C(\SCC(=O)O)c2nc3ccccc3s2)cc1OC. The Kier molecular flexibility index (Phi) is 7.41. The van der Waals surface area contributed by atoms with E-state index in [0.717, 1.165) is 32.1 Å². The molecule has 0 spiro atoms. The molecule has 3 aromatic rings. The second-order valence-electron chi connectivity index (χ2n) is 6.06. The lowest BCUT2D eigenvalue weighted by atomic mass is 10.2. The summed E-state index contributed by atoms with van der Waals surface area (Å²) in [7, 11) is 1.56. The van der Waals surface area contributed by atoms with Crippen LogP contribution in [0.2, 0.25) is 5.02 Å². The van der Waals surface area contributed by atoms with Crippen LogP contribution in [-0.4, -0.2) is 35.5 Å². The fraction of sp³-hybridized carbons (Fsp3) is 0.238. The van der Waals surface area contributed by atoms with Crippen molar-refractivity contribution in [1.82, 2.24) is 4.98 Å². The number of thiazole rings is 1. The van der Waals surface area contributed by atoms with Crippen LogP contribution in [0.3, 0.4) is 0 Å². The number of aliphatic carboxylic acids is 1. The highest BCUT2D eigenvalue weighted by Gasteiger charge is 2.15. The summed E-state index contributed by atoms with van der Waals surface area (Å²) < 4.78 is 12.2. The number of fused-ring (bicyclic) bond motifs is 1. The Morgan fingerprint density at radius 1 is 1.34 bits per heavy atom. The van der Waals surface area contributed by atoms with Gasteiger partial charge in [0.15, 0.2) is 11.5 Å². The first kappa shape index (κ1) is 21.5. The summed E-state index contributed by atoms with van der Waals surface area (Å²) in [6, 6.07) is 11.4. The molecular formula is C21H20ClNO4S2. The molecule has 3 rings (SSSR count). The van der Waals surface area contributed by atoms with Crippen LogP contribution in [0.15, 0.2) is 36.4 Å². The van der Waals surface area contributed by atoms with Gasteiger partial charge in [0.05, 0.1) is 34.7 Å². The Hall–Kier alpha value is -2.22. The van der Waals surface area contributed by atoms with E-state index in [9.17, 15) is 4.79 Å². The quantitative estimate of drug-likeness (QED) is 0.428. The number of ether oxygens (including phenoxy) is 2. The van der Waals surface area contributed by atoms with Gasteiger partial charge >= 0.3 is 5.97 Å². The molecule has 0 saturated carbocycles. The number of aromatic nitrogens is 1. The number of hydrogen-bond donors (Lipinski definition) is 1. The molecule has 152 valence electrons. The van der Waals surface area contributed by atoms with Crippen molar-refractivity contribution in [1.29, 1.82) is 0 Å². The number of thioether (sulfide) groups is 1. The zero-order chi connectivity index (χ0) is 20.8. The molecule has 29 heavy (non-hydrogen) atoms. The van der Waals surface area contributed by atoms with Crippen molar-refractivity contribution < 1.29 is 19.4 Å². The van der Waals surface area contributed by atoms with Crippen molar-refractivity contribution in [2.75, 3.05) is 19.5 Å². The molecule has 0 atom stereocenters. The van der Waals surface area contributed by atoms with Gasteiger partial charge in [-0.05, 0) is 42.3 Å². The predicted molar refractivity (Wildman–Crippen MR) is 121 cm³/mol. The van der Waals surface area contributed by atoms with Gasteiger partial charge in [0.1, 0.15) is 5.01 Å². The third kappa shape index (κ3) is 5.44. The zero-order valence-corrected chi connectivity index (χ0v) is 18.4. The van der Waals surface area contributed by atoms with Crippen molar-refractivity contribution in [2.45, 2.75) is 13.3 Å². The lowest BCUT2D eigenvalue weighted by molar-refractivity contribution is -0.133. The smallest absolute Gasteiger partial charge is 0.313 e. The molecule has 0 bridgehead atoms. The number of carboxylic acids is 1. The third-order valence-corrected chi connectivity index (χ3v) is 6.35. The highest BCUT2D eigenvalue weighted by molar-refractivity contribution is 8.09. The van der Waals surface area contributed by atoms with Crippen molar-refractivity contribution in [2.24, 2.45) is 0 Å². The van der Waals surface area contributed by atoms with Crippen molar-refractivity contribution >= 4 is 61.9 Å². The average Bonchev–Trinajstić information content (AvgIpc) is 3.13. The summed E-state index contributed by atoms with van der Waals surface area (Å²) in [6.07, 6.45) is 2.73. The van der Waals surface area contributed by atoms with E-state index in [1.165, 1.54) is 23.1 Å². The molecule has 1 aromatic heterocycles. The van der Waals surface area contributed by atoms with E-state index in [0.29, 0.717) is 23.1 Å². The summed E-state index contributed by atoms with van der Waals surface area (Å²) in [6.45, 7) is 2.55. The van der Waals surface area contributed by atoms with Crippen LogP contribution < -0.4 is 9.47 Å². The number of benzene rings is 2. The molecule has 0 aliphatic rings. The molecular weight excluding hydrogens is 430 g/mol. The van der Waals surface area contributed by atoms with Crippen LogP contribution in [-0.2, 0) is 4.79 Å². The second-order valence-corrected chi connectivity index (χ2v) is 8.52. The minimum atomic E-state index is -0.888. The topological polar surface area (TPSA) is 68.7 Å². The maximum Gasteiger partial charge on any atom is 0.313 e. The summed E-state index contributed by atoms with van der Waals surface area (Å²) >= 11 is 9.17. The number of nitrogens with zero attached hydrogens (tertiary/aromatic N) is 1. The maximum absolute atomic E-state index is 11.1. The van der Waals surface area contributed by atoms with Crippen LogP contribution in [0.25, 0.3) is 21.2 Å². The van der Waals surface area contributed by atoms with Crippen LogP contribution in [0.4, 0.5) is 0 Å². The number of carboxylic acid groups (broad SMARTS) is 1. The lowest BCUT2D eigenvalue weighted by Crippen LogP contribution is -1.99. The highest BCUT2D eigenvalue weighted by Crippen LogP contribution is 2.40. The van der Waals surface area contributed by atoms with E-state index in [2.05, 4.69) is 4.98 Å². The van der Waals surface area contributed by atoms with Crippen LogP contribution in [0, 0.1) is 0 Å². The minimum absolute atomic E-state index is 0.0652. The number of carbonyl (C=O) groups is 1. The number of rotatable bonds is 9.